The highest BCUT2D eigenvalue weighted by Crippen LogP contribution is 2.33. The first-order chi connectivity index (χ1) is 17.7. The van der Waals surface area contributed by atoms with Gasteiger partial charge in [-0.1, -0.05) is 44.2 Å². The van der Waals surface area contributed by atoms with Gasteiger partial charge in [0.1, 0.15) is 6.10 Å². The molecule has 0 radical (unpaired) electrons. The van der Waals surface area contributed by atoms with Crippen LogP contribution in [0.5, 0.6) is 0 Å². The average Bonchev–Trinajstić information content (AvgIpc) is 3.47. The molecule has 2 heterocycles. The lowest BCUT2D eigenvalue weighted by atomic mass is 10.0. The third-order valence-corrected chi connectivity index (χ3v) is 8.58. The molecule has 2 aliphatic rings. The summed E-state index contributed by atoms with van der Waals surface area (Å²) in [6, 6.07) is 15.7. The second-order valence-corrected chi connectivity index (χ2v) is 12.1. The van der Waals surface area contributed by atoms with Crippen LogP contribution in [0.3, 0.4) is 0 Å². The van der Waals surface area contributed by atoms with Gasteiger partial charge in [-0.05, 0) is 55.0 Å². The second kappa shape index (κ2) is 12.3. The zero-order valence-electron chi connectivity index (χ0n) is 21.4. The number of ether oxygens (including phenoxy) is 3. The van der Waals surface area contributed by atoms with Gasteiger partial charge in [-0.25, -0.2) is 13.2 Å². The number of fused-ring (bicyclic) bond motifs is 1. The van der Waals surface area contributed by atoms with E-state index in [0.29, 0.717) is 38.3 Å². The molecular formula is C27H37N3O6S. The summed E-state index contributed by atoms with van der Waals surface area (Å²) in [6.07, 6.45) is 0.571. The van der Waals surface area contributed by atoms with E-state index in [4.69, 9.17) is 19.9 Å². The van der Waals surface area contributed by atoms with Crippen LogP contribution in [0, 0.1) is 11.8 Å². The fraction of sp³-hybridized carbons (Fsp3) is 0.519. The first kappa shape index (κ1) is 27.4. The monoisotopic (exact) mass is 531 g/mol. The summed E-state index contributed by atoms with van der Waals surface area (Å²) in [4.78, 5) is 13.1. The Labute approximate surface area is 219 Å². The molecule has 2 saturated heterocycles. The molecule has 0 bridgehead atoms. The predicted octanol–water partition coefficient (Wildman–Crippen LogP) is 3.40. The molecule has 0 saturated carbocycles. The Hall–Kier alpha value is -2.66. The van der Waals surface area contributed by atoms with Crippen LogP contribution >= 0.6 is 0 Å². The first-order valence-corrected chi connectivity index (χ1v) is 14.3. The lowest BCUT2D eigenvalue weighted by molar-refractivity contribution is -0.0907. The van der Waals surface area contributed by atoms with E-state index in [1.165, 1.54) is 16.4 Å². The Balaban J connectivity index is 1.45. The highest BCUT2D eigenvalue weighted by molar-refractivity contribution is 7.89. The average molecular weight is 532 g/mol. The molecule has 37 heavy (non-hydrogen) atoms. The fourth-order valence-corrected chi connectivity index (χ4v) is 6.43. The number of nitrogen functional groups attached to an aromatic ring is 1. The van der Waals surface area contributed by atoms with Crippen LogP contribution in [0.4, 0.5) is 10.5 Å². The zero-order chi connectivity index (χ0) is 26.4. The molecule has 1 amide bonds. The van der Waals surface area contributed by atoms with E-state index < -0.39 is 16.1 Å². The lowest BCUT2D eigenvalue weighted by Gasteiger charge is -2.27. The van der Waals surface area contributed by atoms with Gasteiger partial charge in [0, 0.05) is 24.8 Å². The molecular weight excluding hydrogens is 494 g/mol. The summed E-state index contributed by atoms with van der Waals surface area (Å²) in [5.41, 5.74) is 7.30. The SMILES string of the molecule is CC(C)CN(CC[C@H](Cc1ccccc1)NC(=O)O[C@H]1CO[C@H]2OCC[C@H]21)S(=O)(=O)c1ccc(N)cc1. The fourth-order valence-electron chi connectivity index (χ4n) is 4.82. The van der Waals surface area contributed by atoms with Gasteiger partial charge in [-0.15, -0.1) is 0 Å². The molecule has 10 heteroatoms. The van der Waals surface area contributed by atoms with Gasteiger partial charge in [0.25, 0.3) is 0 Å². The number of nitrogens with one attached hydrogen (secondary N) is 1. The van der Waals surface area contributed by atoms with E-state index >= 15 is 0 Å². The third-order valence-electron chi connectivity index (χ3n) is 6.70. The molecule has 3 N–H and O–H groups in total. The van der Waals surface area contributed by atoms with Crippen molar-refractivity contribution in [1.82, 2.24) is 9.62 Å². The molecule has 2 aromatic carbocycles. The molecule has 4 atom stereocenters. The quantitative estimate of drug-likeness (QED) is 0.427. The molecule has 0 unspecified atom stereocenters. The van der Waals surface area contributed by atoms with Gasteiger partial charge in [-0.3, -0.25) is 0 Å². The number of rotatable bonds is 11. The standard InChI is InChI=1S/C27H37N3O6S/c1-19(2)17-30(37(32,33)23-10-8-21(28)9-11-23)14-12-22(16-20-6-4-3-5-7-20)29-27(31)36-25-18-35-26-24(25)13-15-34-26/h3-11,19,22,24-26H,12-18,28H2,1-2H3,(H,29,31)/t22-,24+,25+,26-/m1/s1. The van der Waals surface area contributed by atoms with Crippen LogP contribution in [-0.2, 0) is 30.7 Å². The summed E-state index contributed by atoms with van der Waals surface area (Å²) in [5, 5.41) is 2.98. The van der Waals surface area contributed by atoms with Gasteiger partial charge in [0.05, 0.1) is 24.0 Å². The Morgan fingerprint density at radius 3 is 2.57 bits per heavy atom. The van der Waals surface area contributed by atoms with Crippen LogP contribution in [0.2, 0.25) is 0 Å². The Kier molecular flexibility index (Phi) is 9.07. The number of hydrogen-bond acceptors (Lipinski definition) is 7. The van der Waals surface area contributed by atoms with Gasteiger partial charge in [0.2, 0.25) is 10.0 Å². The number of anilines is 1. The van der Waals surface area contributed by atoms with Gasteiger partial charge in [0.15, 0.2) is 6.29 Å². The Morgan fingerprint density at radius 2 is 1.86 bits per heavy atom. The van der Waals surface area contributed by atoms with Crippen molar-refractivity contribution in [3.63, 3.8) is 0 Å². The molecule has 9 nitrogen and oxygen atoms in total. The number of carbonyl (C=O) groups excluding carboxylic acids is 1. The minimum absolute atomic E-state index is 0.0462. The summed E-state index contributed by atoms with van der Waals surface area (Å²) in [7, 11) is -3.74. The van der Waals surface area contributed by atoms with Crippen LogP contribution in [0.1, 0.15) is 32.3 Å². The van der Waals surface area contributed by atoms with Crippen molar-refractivity contribution in [2.24, 2.45) is 11.8 Å². The maximum absolute atomic E-state index is 13.5. The van der Waals surface area contributed by atoms with E-state index in [-0.39, 0.29) is 41.7 Å². The summed E-state index contributed by atoms with van der Waals surface area (Å²) in [5.74, 6) is 0.169. The highest BCUT2D eigenvalue weighted by atomic mass is 32.2. The molecule has 0 aromatic heterocycles. The van der Waals surface area contributed by atoms with E-state index in [0.717, 1.165) is 12.0 Å². The number of nitrogens with zero attached hydrogens (tertiary/aromatic N) is 1. The Bertz CT molecular complexity index is 1130. The van der Waals surface area contributed by atoms with Crippen LogP contribution in [-0.4, -0.2) is 63.6 Å². The topological polar surface area (TPSA) is 120 Å². The number of amides is 1. The van der Waals surface area contributed by atoms with Gasteiger partial charge < -0.3 is 25.3 Å². The summed E-state index contributed by atoms with van der Waals surface area (Å²) in [6.45, 7) is 5.47. The van der Waals surface area contributed by atoms with Crippen molar-refractivity contribution in [1.29, 1.82) is 0 Å². The van der Waals surface area contributed by atoms with Crippen LogP contribution < -0.4 is 11.1 Å². The number of hydrogen-bond donors (Lipinski definition) is 2. The minimum Gasteiger partial charge on any atom is -0.443 e. The number of sulfonamides is 1. The molecule has 2 fully saturated rings. The van der Waals surface area contributed by atoms with Crippen LogP contribution in [0.25, 0.3) is 0 Å². The maximum atomic E-state index is 13.5. The molecule has 2 aromatic rings. The maximum Gasteiger partial charge on any atom is 0.407 e. The smallest absolute Gasteiger partial charge is 0.407 e. The van der Waals surface area contributed by atoms with Crippen molar-refractivity contribution in [3.8, 4) is 0 Å². The molecule has 4 rings (SSSR count). The van der Waals surface area contributed by atoms with Crippen molar-refractivity contribution in [2.75, 3.05) is 32.0 Å². The number of nitrogens with two attached hydrogens (primary N) is 1. The number of alkyl carbamates (subject to hydrolysis) is 1. The summed E-state index contributed by atoms with van der Waals surface area (Å²) < 4.78 is 45.2. The number of benzene rings is 2. The first-order valence-electron chi connectivity index (χ1n) is 12.8. The molecule has 0 spiro atoms. The minimum atomic E-state index is -3.74. The van der Waals surface area contributed by atoms with E-state index in [1.54, 1.807) is 12.1 Å². The predicted molar refractivity (Wildman–Crippen MR) is 140 cm³/mol. The normalized spacial score (nSPS) is 22.2. The van der Waals surface area contributed by atoms with Crippen molar-refractivity contribution in [2.45, 2.75) is 56.4 Å². The zero-order valence-corrected chi connectivity index (χ0v) is 22.2. The van der Waals surface area contributed by atoms with Crippen molar-refractivity contribution in [3.05, 3.63) is 60.2 Å². The van der Waals surface area contributed by atoms with E-state index in [1.807, 2.05) is 44.2 Å². The van der Waals surface area contributed by atoms with Crippen molar-refractivity contribution >= 4 is 21.8 Å². The third kappa shape index (κ3) is 7.22. The second-order valence-electron chi connectivity index (χ2n) is 10.1. The largest absolute Gasteiger partial charge is 0.443 e. The lowest BCUT2D eigenvalue weighted by Crippen LogP contribution is -2.43. The molecule has 0 aliphatic carbocycles. The van der Waals surface area contributed by atoms with E-state index in [2.05, 4.69) is 5.32 Å². The highest BCUT2D eigenvalue weighted by Gasteiger charge is 2.44. The van der Waals surface area contributed by atoms with E-state index in [9.17, 15) is 13.2 Å². The van der Waals surface area contributed by atoms with Crippen molar-refractivity contribution < 1.29 is 27.4 Å². The number of carbonyl (C=O) groups is 1. The summed E-state index contributed by atoms with van der Waals surface area (Å²) >= 11 is 0. The van der Waals surface area contributed by atoms with Gasteiger partial charge in [-0.2, -0.15) is 4.31 Å². The van der Waals surface area contributed by atoms with Crippen LogP contribution in [0.15, 0.2) is 59.5 Å². The van der Waals surface area contributed by atoms with Gasteiger partial charge >= 0.3 is 6.09 Å². The molecule has 2 aliphatic heterocycles. The Morgan fingerprint density at radius 1 is 1.14 bits per heavy atom. The molecule has 202 valence electrons.